The van der Waals surface area contributed by atoms with E-state index in [2.05, 4.69) is 0 Å². The molecule has 190 valence electrons. The molecule has 0 radical (unpaired) electrons. The molecule has 36 heavy (non-hydrogen) atoms. The molecule has 0 aliphatic carbocycles. The molecule has 1 unspecified atom stereocenters. The Morgan fingerprint density at radius 3 is 2.31 bits per heavy atom. The van der Waals surface area contributed by atoms with Crippen molar-refractivity contribution >= 4 is 15.9 Å². The van der Waals surface area contributed by atoms with Gasteiger partial charge in [0.2, 0.25) is 15.9 Å². The highest BCUT2D eigenvalue weighted by molar-refractivity contribution is 7.89. The molecule has 0 saturated carbocycles. The monoisotopic (exact) mass is 510 g/mol. The lowest BCUT2D eigenvalue weighted by molar-refractivity contribution is -0.134. The Labute approximate surface area is 212 Å². The third-order valence-electron chi connectivity index (χ3n) is 6.58. The molecule has 4 rings (SSSR count). The van der Waals surface area contributed by atoms with Crippen LogP contribution in [0.2, 0.25) is 0 Å². The van der Waals surface area contributed by atoms with Gasteiger partial charge >= 0.3 is 0 Å². The zero-order valence-corrected chi connectivity index (χ0v) is 21.2. The van der Waals surface area contributed by atoms with Gasteiger partial charge in [-0.05, 0) is 54.8 Å². The van der Waals surface area contributed by atoms with E-state index in [0.717, 1.165) is 17.7 Å². The van der Waals surface area contributed by atoms with Crippen molar-refractivity contribution in [1.29, 1.82) is 0 Å². The van der Waals surface area contributed by atoms with Gasteiger partial charge in [-0.3, -0.25) is 4.79 Å². The number of para-hydroxylation sites is 1. The Bertz CT molecular complexity index is 1250. The van der Waals surface area contributed by atoms with Gasteiger partial charge in [-0.15, -0.1) is 0 Å². The second kappa shape index (κ2) is 11.2. The standard InChI is InChI=1S/C28H31FN2O4S/c1-30(20-23-9-4-2-5-10-23)27(32)19-28(22-35-25-11-6-3-7-12-25)17-8-18-31(21-28)36(33,34)26-15-13-24(29)14-16-26/h2-7,9-16H,8,17-22H2,1H3. The number of benzene rings is 3. The molecule has 1 atom stereocenters. The van der Waals surface area contributed by atoms with Crippen molar-refractivity contribution in [3.8, 4) is 5.75 Å². The van der Waals surface area contributed by atoms with Crippen LogP contribution >= 0.6 is 0 Å². The number of carbonyl (C=O) groups is 1. The van der Waals surface area contributed by atoms with Crippen LogP contribution in [0.4, 0.5) is 4.39 Å². The molecule has 3 aromatic rings. The molecule has 0 N–H and O–H groups in total. The quantitative estimate of drug-likeness (QED) is 0.418. The number of ether oxygens (including phenoxy) is 1. The van der Waals surface area contributed by atoms with E-state index in [1.807, 2.05) is 60.7 Å². The third-order valence-corrected chi connectivity index (χ3v) is 8.44. The van der Waals surface area contributed by atoms with Crippen molar-refractivity contribution in [1.82, 2.24) is 9.21 Å². The summed E-state index contributed by atoms with van der Waals surface area (Å²) in [4.78, 5) is 15.1. The summed E-state index contributed by atoms with van der Waals surface area (Å²) >= 11 is 0. The zero-order chi connectivity index (χ0) is 25.6. The van der Waals surface area contributed by atoms with E-state index in [0.29, 0.717) is 31.7 Å². The fourth-order valence-corrected chi connectivity index (χ4v) is 6.18. The van der Waals surface area contributed by atoms with E-state index in [4.69, 9.17) is 4.74 Å². The number of hydrogen-bond donors (Lipinski definition) is 0. The number of nitrogens with zero attached hydrogens (tertiary/aromatic N) is 2. The van der Waals surface area contributed by atoms with E-state index in [1.165, 1.54) is 16.4 Å². The Morgan fingerprint density at radius 1 is 1.00 bits per heavy atom. The van der Waals surface area contributed by atoms with Gasteiger partial charge in [0, 0.05) is 38.5 Å². The average molecular weight is 511 g/mol. The largest absolute Gasteiger partial charge is 0.493 e. The minimum Gasteiger partial charge on any atom is -0.493 e. The van der Waals surface area contributed by atoms with Gasteiger partial charge in [0.1, 0.15) is 11.6 Å². The summed E-state index contributed by atoms with van der Waals surface area (Å²) < 4.78 is 47.7. The average Bonchev–Trinajstić information content (AvgIpc) is 2.89. The number of amides is 1. The maximum Gasteiger partial charge on any atom is 0.243 e. The molecule has 1 heterocycles. The Balaban J connectivity index is 1.56. The predicted octanol–water partition coefficient (Wildman–Crippen LogP) is 4.72. The van der Waals surface area contributed by atoms with Crippen LogP contribution in [-0.4, -0.2) is 50.3 Å². The number of halogens is 1. The Morgan fingerprint density at radius 2 is 1.64 bits per heavy atom. The van der Waals surface area contributed by atoms with Crippen LogP contribution in [0.1, 0.15) is 24.8 Å². The van der Waals surface area contributed by atoms with E-state index >= 15 is 0 Å². The number of piperidine rings is 1. The van der Waals surface area contributed by atoms with Gasteiger partial charge in [-0.25, -0.2) is 12.8 Å². The summed E-state index contributed by atoms with van der Waals surface area (Å²) in [5.74, 6) is 0.0993. The summed E-state index contributed by atoms with van der Waals surface area (Å²) in [5.41, 5.74) is 0.315. The molecule has 0 spiro atoms. The van der Waals surface area contributed by atoms with Crippen LogP contribution in [0.3, 0.4) is 0 Å². The highest BCUT2D eigenvalue weighted by Crippen LogP contribution is 2.37. The highest BCUT2D eigenvalue weighted by atomic mass is 32.2. The van der Waals surface area contributed by atoms with Gasteiger partial charge in [0.15, 0.2) is 0 Å². The van der Waals surface area contributed by atoms with Crippen molar-refractivity contribution in [2.24, 2.45) is 5.41 Å². The normalized spacial score (nSPS) is 18.5. The molecule has 1 amide bonds. The van der Waals surface area contributed by atoms with Gasteiger partial charge in [0.05, 0.1) is 11.5 Å². The molecule has 8 heteroatoms. The van der Waals surface area contributed by atoms with Crippen molar-refractivity contribution in [3.05, 3.63) is 96.3 Å². The summed E-state index contributed by atoms with van der Waals surface area (Å²) in [7, 11) is -2.09. The molecular formula is C28H31FN2O4S. The Hall–Kier alpha value is -3.23. The van der Waals surface area contributed by atoms with Crippen LogP contribution in [0.25, 0.3) is 0 Å². The first-order valence-electron chi connectivity index (χ1n) is 12.0. The van der Waals surface area contributed by atoms with Crippen LogP contribution in [0, 0.1) is 11.2 Å². The second-order valence-corrected chi connectivity index (χ2v) is 11.3. The van der Waals surface area contributed by atoms with Crippen molar-refractivity contribution < 1.29 is 22.3 Å². The second-order valence-electron chi connectivity index (χ2n) is 9.41. The third kappa shape index (κ3) is 6.30. The van der Waals surface area contributed by atoms with E-state index in [-0.39, 0.29) is 30.4 Å². The van der Waals surface area contributed by atoms with Gasteiger partial charge in [-0.2, -0.15) is 4.31 Å². The van der Waals surface area contributed by atoms with Crippen LogP contribution in [-0.2, 0) is 21.4 Å². The van der Waals surface area contributed by atoms with Crippen LogP contribution in [0.5, 0.6) is 5.75 Å². The van der Waals surface area contributed by atoms with Gasteiger partial charge in [-0.1, -0.05) is 48.5 Å². The smallest absolute Gasteiger partial charge is 0.243 e. The lowest BCUT2D eigenvalue weighted by atomic mass is 9.78. The molecular weight excluding hydrogens is 479 g/mol. The topological polar surface area (TPSA) is 66.9 Å². The molecule has 6 nitrogen and oxygen atoms in total. The molecule has 0 aromatic heterocycles. The first-order valence-corrected chi connectivity index (χ1v) is 13.4. The first-order chi connectivity index (χ1) is 17.3. The lowest BCUT2D eigenvalue weighted by Crippen LogP contribution is -2.50. The minimum atomic E-state index is -3.85. The van der Waals surface area contributed by atoms with E-state index in [1.54, 1.807) is 11.9 Å². The molecule has 0 bridgehead atoms. The molecule has 1 saturated heterocycles. The summed E-state index contributed by atoms with van der Waals surface area (Å²) in [6.07, 6.45) is 1.40. The van der Waals surface area contributed by atoms with E-state index in [9.17, 15) is 17.6 Å². The summed E-state index contributed by atoms with van der Waals surface area (Å²) in [6, 6.07) is 23.9. The minimum absolute atomic E-state index is 0.0381. The summed E-state index contributed by atoms with van der Waals surface area (Å²) in [5, 5.41) is 0. The van der Waals surface area contributed by atoms with Crippen LogP contribution < -0.4 is 4.74 Å². The Kier molecular flexibility index (Phi) is 8.06. The van der Waals surface area contributed by atoms with E-state index < -0.39 is 21.3 Å². The SMILES string of the molecule is CN(Cc1ccccc1)C(=O)CC1(COc2ccccc2)CCCN(S(=O)(=O)c2ccc(F)cc2)C1. The number of sulfonamides is 1. The highest BCUT2D eigenvalue weighted by Gasteiger charge is 2.43. The van der Waals surface area contributed by atoms with Crippen molar-refractivity contribution in [2.75, 3.05) is 26.7 Å². The number of carbonyl (C=O) groups excluding carboxylic acids is 1. The maximum absolute atomic E-state index is 13.4. The zero-order valence-electron chi connectivity index (χ0n) is 20.3. The summed E-state index contributed by atoms with van der Waals surface area (Å²) in [6.45, 7) is 1.15. The molecule has 1 aliphatic heterocycles. The number of rotatable bonds is 9. The number of hydrogen-bond acceptors (Lipinski definition) is 4. The maximum atomic E-state index is 13.4. The van der Waals surface area contributed by atoms with Crippen LogP contribution in [0.15, 0.2) is 89.8 Å². The van der Waals surface area contributed by atoms with Crippen molar-refractivity contribution in [2.45, 2.75) is 30.7 Å². The fraction of sp³-hybridized carbons (Fsp3) is 0.321. The molecule has 1 aliphatic rings. The first kappa shape index (κ1) is 25.9. The fourth-order valence-electron chi connectivity index (χ4n) is 4.59. The van der Waals surface area contributed by atoms with Crippen molar-refractivity contribution in [3.63, 3.8) is 0 Å². The van der Waals surface area contributed by atoms with Gasteiger partial charge in [0.25, 0.3) is 0 Å². The molecule has 1 fully saturated rings. The predicted molar refractivity (Wildman–Crippen MR) is 136 cm³/mol. The lowest BCUT2D eigenvalue weighted by Gasteiger charge is -2.42. The molecule has 3 aromatic carbocycles. The van der Waals surface area contributed by atoms with Gasteiger partial charge < -0.3 is 9.64 Å².